The molecule has 11 heteroatoms. The summed E-state index contributed by atoms with van der Waals surface area (Å²) in [5.74, 6) is 0.172. The number of hydrogen-bond donors (Lipinski definition) is 2. The first-order chi connectivity index (χ1) is 19.7. The fourth-order valence-corrected chi connectivity index (χ4v) is 4.27. The number of rotatable bonds is 9. The van der Waals surface area contributed by atoms with Gasteiger partial charge in [-0.3, -0.25) is 19.2 Å². The van der Waals surface area contributed by atoms with Crippen LogP contribution in [0, 0.1) is 6.92 Å². The third kappa shape index (κ3) is 7.49. The van der Waals surface area contributed by atoms with Crippen molar-refractivity contribution in [2.75, 3.05) is 6.54 Å². The second-order valence-corrected chi connectivity index (χ2v) is 9.10. The Kier molecular flexibility index (Phi) is 9.33. The van der Waals surface area contributed by atoms with E-state index in [-0.39, 0.29) is 12.2 Å². The Hall–Kier alpha value is -5.16. The number of aromatic amines is 1. The number of benzene rings is 3. The minimum atomic E-state index is -1.56. The van der Waals surface area contributed by atoms with Gasteiger partial charge in [0, 0.05) is 17.7 Å². The summed E-state index contributed by atoms with van der Waals surface area (Å²) in [5.41, 5.74) is 1.05. The summed E-state index contributed by atoms with van der Waals surface area (Å²) in [6.07, 6.45) is -4.49. The Morgan fingerprint density at radius 2 is 1.51 bits per heavy atom. The van der Waals surface area contributed by atoms with Gasteiger partial charge < -0.3 is 14.6 Å². The molecule has 0 saturated heterocycles. The molecule has 4 aromatic rings. The van der Waals surface area contributed by atoms with E-state index < -0.39 is 42.4 Å². The van der Waals surface area contributed by atoms with Gasteiger partial charge in [0.25, 0.3) is 5.56 Å². The lowest BCUT2D eigenvalue weighted by Crippen LogP contribution is -2.40. The number of amides is 1. The van der Waals surface area contributed by atoms with E-state index >= 15 is 0 Å². The number of carboxylic acid groups (broad SMARTS) is 1. The van der Waals surface area contributed by atoms with Crippen LogP contribution in [0.25, 0.3) is 0 Å². The summed E-state index contributed by atoms with van der Waals surface area (Å²) in [5, 5.41) is 10.2. The topological polar surface area (TPSA) is 140 Å². The number of carbonyl (C=O) groups excluding carboxylic acids is 1. The van der Waals surface area contributed by atoms with Gasteiger partial charge >= 0.3 is 17.9 Å². The third-order valence-corrected chi connectivity index (χ3v) is 6.29. The first kappa shape index (κ1) is 28.8. The van der Waals surface area contributed by atoms with Crippen molar-refractivity contribution < 1.29 is 29.0 Å². The molecule has 0 aliphatic heterocycles. The Bertz CT molecular complexity index is 1590. The molecule has 0 aliphatic rings. The van der Waals surface area contributed by atoms with E-state index in [9.17, 15) is 24.3 Å². The highest BCUT2D eigenvalue weighted by Crippen LogP contribution is 2.26. The lowest BCUT2D eigenvalue weighted by molar-refractivity contribution is -0.135. The van der Waals surface area contributed by atoms with Gasteiger partial charge in [-0.1, -0.05) is 78.9 Å². The van der Waals surface area contributed by atoms with E-state index in [0.717, 1.165) is 5.56 Å². The van der Waals surface area contributed by atoms with Gasteiger partial charge in [-0.2, -0.15) is 0 Å². The normalized spacial score (nSPS) is 12.2. The van der Waals surface area contributed by atoms with Crippen molar-refractivity contribution in [2.24, 2.45) is 0 Å². The maximum atomic E-state index is 13.0. The summed E-state index contributed by atoms with van der Waals surface area (Å²) < 4.78 is 12.6. The Balaban J connectivity index is 1.62. The second-order valence-electron chi connectivity index (χ2n) is 9.10. The number of ether oxygens (including phenoxy) is 2. The predicted molar refractivity (Wildman–Crippen MR) is 149 cm³/mol. The average molecular weight is 560 g/mol. The molecule has 2 N–H and O–H groups in total. The van der Waals surface area contributed by atoms with Crippen molar-refractivity contribution >= 4 is 12.2 Å². The minimum absolute atomic E-state index is 0.172. The van der Waals surface area contributed by atoms with Crippen LogP contribution in [-0.4, -0.2) is 38.5 Å². The van der Waals surface area contributed by atoms with Gasteiger partial charge in [0.15, 0.2) is 0 Å². The van der Waals surface area contributed by atoms with Crippen LogP contribution >= 0.6 is 0 Å². The van der Waals surface area contributed by atoms with E-state index in [1.54, 1.807) is 62.4 Å². The second kappa shape index (κ2) is 13.3. The smallest absolute Gasteiger partial charge is 0.463 e. The summed E-state index contributed by atoms with van der Waals surface area (Å²) in [7, 11) is 0. The molecule has 4 rings (SSSR count). The molecule has 212 valence electrons. The van der Waals surface area contributed by atoms with Crippen molar-refractivity contribution in [3.05, 3.63) is 134 Å². The molecular formula is C30H29N3O8. The Morgan fingerprint density at radius 3 is 2.12 bits per heavy atom. The molecule has 0 fully saturated rings. The standard InChI is InChI=1S/C30H29N3O8/c1-20-25(18-22-12-6-3-7-13-22)33(28(35)31-27(20)34)21(2)39-26(23-14-8-4-9-15-23)19-32(29(36)37)41-30(38)40-24-16-10-5-11-17-24/h3-17,21,26H,18-19H2,1-2H3,(H,36,37)(H,31,34,35). The zero-order chi connectivity index (χ0) is 29.4. The van der Waals surface area contributed by atoms with Crippen LogP contribution in [0.1, 0.15) is 41.6 Å². The van der Waals surface area contributed by atoms with Gasteiger partial charge in [-0.15, -0.1) is 5.06 Å². The van der Waals surface area contributed by atoms with Gasteiger partial charge in [0.05, 0.1) is 6.54 Å². The monoisotopic (exact) mass is 559 g/mol. The Morgan fingerprint density at radius 1 is 0.927 bits per heavy atom. The van der Waals surface area contributed by atoms with Gasteiger partial charge in [0.2, 0.25) is 0 Å². The summed E-state index contributed by atoms with van der Waals surface area (Å²) >= 11 is 0. The van der Waals surface area contributed by atoms with Crippen molar-refractivity contribution in [3.8, 4) is 5.75 Å². The zero-order valence-corrected chi connectivity index (χ0v) is 22.4. The first-order valence-electron chi connectivity index (χ1n) is 12.8. The van der Waals surface area contributed by atoms with Gasteiger partial charge in [0.1, 0.15) is 18.1 Å². The predicted octanol–water partition coefficient (Wildman–Crippen LogP) is 4.82. The zero-order valence-electron chi connectivity index (χ0n) is 22.4. The fourth-order valence-electron chi connectivity index (χ4n) is 4.27. The summed E-state index contributed by atoms with van der Waals surface area (Å²) in [6.45, 7) is 2.78. The van der Waals surface area contributed by atoms with Crippen LogP contribution in [0.15, 0.2) is 101 Å². The molecule has 0 radical (unpaired) electrons. The molecule has 11 nitrogen and oxygen atoms in total. The molecule has 0 bridgehead atoms. The fraction of sp³-hybridized carbons (Fsp3) is 0.200. The van der Waals surface area contributed by atoms with Gasteiger partial charge in [-0.05, 0) is 37.1 Å². The molecule has 0 aliphatic carbocycles. The number of carbonyl (C=O) groups is 2. The SMILES string of the molecule is Cc1c(Cc2ccccc2)n(C(C)OC(CN(OC(=O)Oc2ccccc2)C(=O)O)c2ccccc2)c(=O)[nH]c1=O. The van der Waals surface area contributed by atoms with Crippen LogP contribution in [0.5, 0.6) is 5.75 Å². The van der Waals surface area contributed by atoms with Crippen molar-refractivity contribution in [1.82, 2.24) is 14.6 Å². The minimum Gasteiger partial charge on any atom is -0.463 e. The molecule has 0 saturated carbocycles. The highest BCUT2D eigenvalue weighted by molar-refractivity contribution is 5.69. The first-order valence-corrected chi connectivity index (χ1v) is 12.8. The van der Waals surface area contributed by atoms with E-state index in [0.29, 0.717) is 21.9 Å². The van der Waals surface area contributed by atoms with Gasteiger partial charge in [-0.25, -0.2) is 14.4 Å². The molecule has 1 aromatic heterocycles. The van der Waals surface area contributed by atoms with Crippen LogP contribution < -0.4 is 16.0 Å². The molecule has 3 aromatic carbocycles. The lowest BCUT2D eigenvalue weighted by Gasteiger charge is -2.28. The molecule has 2 atom stereocenters. The molecular weight excluding hydrogens is 530 g/mol. The number of nitrogens with zero attached hydrogens (tertiary/aromatic N) is 2. The molecule has 0 spiro atoms. The molecule has 2 unspecified atom stereocenters. The van der Waals surface area contributed by atoms with Crippen LogP contribution in [0.3, 0.4) is 0 Å². The largest absolute Gasteiger partial charge is 0.539 e. The van der Waals surface area contributed by atoms with Crippen LogP contribution in [-0.2, 0) is 16.0 Å². The average Bonchev–Trinajstić information content (AvgIpc) is 2.96. The molecule has 1 heterocycles. The number of H-pyrrole nitrogens is 1. The molecule has 1 amide bonds. The number of hydrogen-bond acceptors (Lipinski definition) is 7. The van der Waals surface area contributed by atoms with E-state index in [4.69, 9.17) is 14.3 Å². The van der Waals surface area contributed by atoms with Crippen LogP contribution in [0.2, 0.25) is 0 Å². The van der Waals surface area contributed by atoms with E-state index in [2.05, 4.69) is 4.98 Å². The molecule has 41 heavy (non-hydrogen) atoms. The third-order valence-electron chi connectivity index (χ3n) is 6.29. The number of hydroxylamine groups is 2. The lowest BCUT2D eigenvalue weighted by atomic mass is 10.1. The number of nitrogens with one attached hydrogen (secondary N) is 1. The Labute approximate surface area is 235 Å². The maximum absolute atomic E-state index is 13.0. The van der Waals surface area contributed by atoms with E-state index in [1.165, 1.54) is 16.7 Å². The van der Waals surface area contributed by atoms with Crippen LogP contribution in [0.4, 0.5) is 9.59 Å². The van der Waals surface area contributed by atoms with Crippen molar-refractivity contribution in [3.63, 3.8) is 0 Å². The van der Waals surface area contributed by atoms with Crippen molar-refractivity contribution in [1.29, 1.82) is 0 Å². The quantitative estimate of drug-likeness (QED) is 0.169. The highest BCUT2D eigenvalue weighted by Gasteiger charge is 2.28. The highest BCUT2D eigenvalue weighted by atomic mass is 16.8. The number of aromatic nitrogens is 2. The summed E-state index contributed by atoms with van der Waals surface area (Å²) in [4.78, 5) is 57.2. The summed E-state index contributed by atoms with van der Waals surface area (Å²) in [6, 6.07) is 26.1. The number of para-hydroxylation sites is 1. The van der Waals surface area contributed by atoms with E-state index in [1.807, 2.05) is 30.3 Å². The van der Waals surface area contributed by atoms with Crippen molar-refractivity contribution in [2.45, 2.75) is 32.6 Å². The maximum Gasteiger partial charge on any atom is 0.539 e.